The van der Waals surface area contributed by atoms with Crippen molar-refractivity contribution < 1.29 is 0 Å². The fourth-order valence-corrected chi connectivity index (χ4v) is 1.73. The first-order valence-corrected chi connectivity index (χ1v) is 4.60. The van der Waals surface area contributed by atoms with Crippen molar-refractivity contribution >= 4 is 11.6 Å². The second-order valence-electron chi connectivity index (χ2n) is 3.15. The molecule has 2 N–H and O–H groups in total. The van der Waals surface area contributed by atoms with E-state index in [1.807, 2.05) is 0 Å². The van der Waals surface area contributed by atoms with Gasteiger partial charge < -0.3 is 5.32 Å². The first-order valence-electron chi connectivity index (χ1n) is 4.23. The van der Waals surface area contributed by atoms with Gasteiger partial charge in [-0.3, -0.25) is 9.78 Å². The first-order chi connectivity index (χ1) is 6.27. The molecule has 1 aliphatic rings. The summed E-state index contributed by atoms with van der Waals surface area (Å²) in [6, 6.07) is 0. The van der Waals surface area contributed by atoms with Crippen LogP contribution in [0, 0.1) is 0 Å². The molecule has 0 amide bonds. The van der Waals surface area contributed by atoms with Crippen molar-refractivity contribution in [2.75, 3.05) is 13.1 Å². The third-order valence-corrected chi connectivity index (χ3v) is 2.49. The van der Waals surface area contributed by atoms with Crippen LogP contribution in [0.4, 0.5) is 0 Å². The van der Waals surface area contributed by atoms with Crippen LogP contribution in [-0.4, -0.2) is 23.1 Å². The number of hydrogen-bond acceptors (Lipinski definition) is 3. The van der Waals surface area contributed by atoms with Crippen molar-refractivity contribution in [2.45, 2.75) is 12.3 Å². The third-order valence-electron chi connectivity index (χ3n) is 2.30. The highest BCUT2D eigenvalue weighted by molar-refractivity contribution is 6.28. The van der Waals surface area contributed by atoms with E-state index in [0.29, 0.717) is 0 Å². The van der Waals surface area contributed by atoms with Gasteiger partial charge in [0, 0.05) is 24.2 Å². The van der Waals surface area contributed by atoms with Gasteiger partial charge in [0.05, 0.1) is 0 Å². The second-order valence-corrected chi connectivity index (χ2v) is 3.51. The monoisotopic (exact) mass is 199 g/mol. The molecular formula is C8H10ClN3O. The van der Waals surface area contributed by atoms with Crippen molar-refractivity contribution in [2.24, 2.45) is 0 Å². The van der Waals surface area contributed by atoms with E-state index in [1.54, 1.807) is 6.20 Å². The lowest BCUT2D eigenvalue weighted by atomic mass is 10.0. The zero-order valence-electron chi connectivity index (χ0n) is 7.01. The lowest BCUT2D eigenvalue weighted by Crippen LogP contribution is -2.18. The standard InChI is InChI=1S/C8H10ClN3O/c9-8-11-4-6(7(13)12-8)5-1-2-10-3-5/h4-5,10H,1-3H2,(H,11,12,13). The van der Waals surface area contributed by atoms with Crippen LogP contribution in [0.5, 0.6) is 0 Å². The van der Waals surface area contributed by atoms with Crippen LogP contribution < -0.4 is 10.9 Å². The van der Waals surface area contributed by atoms with Gasteiger partial charge in [0.15, 0.2) is 0 Å². The van der Waals surface area contributed by atoms with Crippen molar-refractivity contribution in [3.05, 3.63) is 27.4 Å². The van der Waals surface area contributed by atoms with Gasteiger partial charge >= 0.3 is 0 Å². The molecule has 0 aliphatic carbocycles. The predicted octanol–water partition coefficient (Wildman–Crippen LogP) is 0.500. The van der Waals surface area contributed by atoms with E-state index in [4.69, 9.17) is 11.6 Å². The molecule has 2 rings (SSSR count). The fourth-order valence-electron chi connectivity index (χ4n) is 1.59. The number of aromatic nitrogens is 2. The number of H-pyrrole nitrogens is 1. The Labute approximate surface area is 80.3 Å². The normalized spacial score (nSPS) is 22.1. The minimum atomic E-state index is -0.117. The third kappa shape index (κ3) is 1.73. The molecule has 0 radical (unpaired) electrons. The van der Waals surface area contributed by atoms with E-state index in [-0.39, 0.29) is 16.8 Å². The van der Waals surface area contributed by atoms with Crippen LogP contribution >= 0.6 is 11.6 Å². The molecule has 4 nitrogen and oxygen atoms in total. The van der Waals surface area contributed by atoms with Gasteiger partial charge in [0.1, 0.15) is 0 Å². The molecule has 0 bridgehead atoms. The summed E-state index contributed by atoms with van der Waals surface area (Å²) in [6.45, 7) is 1.82. The Morgan fingerprint density at radius 1 is 1.62 bits per heavy atom. The average Bonchev–Trinajstić information content (AvgIpc) is 2.56. The molecule has 1 atom stereocenters. The maximum absolute atomic E-state index is 11.4. The van der Waals surface area contributed by atoms with E-state index < -0.39 is 0 Å². The van der Waals surface area contributed by atoms with Gasteiger partial charge in [-0.2, -0.15) is 0 Å². The molecule has 1 aliphatic heterocycles. The lowest BCUT2D eigenvalue weighted by Gasteiger charge is -2.05. The molecule has 0 spiro atoms. The highest BCUT2D eigenvalue weighted by Crippen LogP contribution is 2.18. The van der Waals surface area contributed by atoms with Crippen LogP contribution in [0.25, 0.3) is 0 Å². The Morgan fingerprint density at radius 3 is 3.08 bits per heavy atom. The van der Waals surface area contributed by atoms with Crippen LogP contribution in [0.1, 0.15) is 17.9 Å². The van der Waals surface area contributed by atoms with Gasteiger partial charge in [-0.1, -0.05) is 0 Å². The zero-order valence-corrected chi connectivity index (χ0v) is 7.77. The van der Waals surface area contributed by atoms with Crippen LogP contribution in [0.2, 0.25) is 5.28 Å². The van der Waals surface area contributed by atoms with Gasteiger partial charge in [-0.05, 0) is 24.6 Å². The van der Waals surface area contributed by atoms with E-state index in [9.17, 15) is 4.79 Å². The maximum Gasteiger partial charge on any atom is 0.255 e. The van der Waals surface area contributed by atoms with E-state index in [1.165, 1.54) is 0 Å². The molecule has 1 aromatic heterocycles. The number of nitrogens with one attached hydrogen (secondary N) is 2. The Balaban J connectivity index is 2.34. The van der Waals surface area contributed by atoms with E-state index in [2.05, 4.69) is 15.3 Å². The van der Waals surface area contributed by atoms with E-state index >= 15 is 0 Å². The van der Waals surface area contributed by atoms with Crippen molar-refractivity contribution in [1.29, 1.82) is 0 Å². The maximum atomic E-state index is 11.4. The van der Waals surface area contributed by atoms with E-state index in [0.717, 1.165) is 25.1 Å². The molecule has 1 unspecified atom stereocenters. The van der Waals surface area contributed by atoms with Crippen molar-refractivity contribution in [3.63, 3.8) is 0 Å². The smallest absolute Gasteiger partial charge is 0.255 e. The number of nitrogens with zero attached hydrogens (tertiary/aromatic N) is 1. The summed E-state index contributed by atoms with van der Waals surface area (Å²) in [5.74, 6) is 0.286. The summed E-state index contributed by atoms with van der Waals surface area (Å²) in [6.07, 6.45) is 2.56. The molecule has 1 saturated heterocycles. The topological polar surface area (TPSA) is 57.8 Å². The summed E-state index contributed by atoms with van der Waals surface area (Å²) in [4.78, 5) is 17.8. The summed E-state index contributed by atoms with van der Waals surface area (Å²) >= 11 is 5.54. The minimum absolute atomic E-state index is 0.117. The molecule has 2 heterocycles. The fraction of sp³-hybridized carbons (Fsp3) is 0.500. The Kier molecular flexibility index (Phi) is 2.33. The summed E-state index contributed by atoms with van der Waals surface area (Å²) in [5, 5.41) is 3.35. The van der Waals surface area contributed by atoms with Gasteiger partial charge in [-0.25, -0.2) is 4.98 Å². The molecule has 1 fully saturated rings. The number of aromatic amines is 1. The zero-order chi connectivity index (χ0) is 9.26. The van der Waals surface area contributed by atoms with Crippen LogP contribution in [-0.2, 0) is 0 Å². The lowest BCUT2D eigenvalue weighted by molar-refractivity contribution is 0.743. The Bertz CT molecular complexity index is 357. The molecule has 13 heavy (non-hydrogen) atoms. The van der Waals surface area contributed by atoms with Crippen LogP contribution in [0.15, 0.2) is 11.0 Å². The first kappa shape index (κ1) is 8.72. The minimum Gasteiger partial charge on any atom is -0.316 e. The van der Waals surface area contributed by atoms with Crippen molar-refractivity contribution in [1.82, 2.24) is 15.3 Å². The quantitative estimate of drug-likeness (QED) is 0.648. The molecule has 1 aromatic rings. The van der Waals surface area contributed by atoms with Gasteiger partial charge in [-0.15, -0.1) is 0 Å². The average molecular weight is 200 g/mol. The van der Waals surface area contributed by atoms with Crippen LogP contribution in [0.3, 0.4) is 0 Å². The molecule has 5 heteroatoms. The SMILES string of the molecule is O=c1[nH]c(Cl)ncc1C1CCNC1. The number of halogens is 1. The largest absolute Gasteiger partial charge is 0.316 e. The highest BCUT2D eigenvalue weighted by Gasteiger charge is 2.19. The second kappa shape index (κ2) is 3.47. The van der Waals surface area contributed by atoms with Crippen molar-refractivity contribution in [3.8, 4) is 0 Å². The summed E-state index contributed by atoms with van der Waals surface area (Å²) < 4.78 is 0. The predicted molar refractivity (Wildman–Crippen MR) is 50.1 cm³/mol. The van der Waals surface area contributed by atoms with Gasteiger partial charge in [0.2, 0.25) is 5.28 Å². The molecular weight excluding hydrogens is 190 g/mol. The highest BCUT2D eigenvalue weighted by atomic mass is 35.5. The Hall–Kier alpha value is -0.870. The molecule has 0 saturated carbocycles. The number of hydrogen-bond donors (Lipinski definition) is 2. The number of rotatable bonds is 1. The molecule has 0 aromatic carbocycles. The van der Waals surface area contributed by atoms with Gasteiger partial charge in [0.25, 0.3) is 5.56 Å². The Morgan fingerprint density at radius 2 is 2.46 bits per heavy atom. The summed E-state index contributed by atoms with van der Waals surface area (Å²) in [5.41, 5.74) is 0.614. The summed E-state index contributed by atoms with van der Waals surface area (Å²) in [7, 11) is 0. The molecule has 70 valence electrons.